The van der Waals surface area contributed by atoms with Crippen molar-refractivity contribution in [2.75, 3.05) is 0 Å². The maximum absolute atomic E-state index is 0. The van der Waals surface area contributed by atoms with Crippen LogP contribution in [0.2, 0.25) is 0 Å². The van der Waals surface area contributed by atoms with Gasteiger partial charge in [0.15, 0.2) is 17.4 Å². The molecule has 5 heavy (non-hydrogen) atoms. The molecule has 0 aliphatic rings. The summed E-state index contributed by atoms with van der Waals surface area (Å²) < 4.78 is 0. The van der Waals surface area contributed by atoms with Gasteiger partial charge in [-0.15, -0.1) is 0 Å². The van der Waals surface area contributed by atoms with E-state index in [0.717, 1.165) is 0 Å². The van der Waals surface area contributed by atoms with Crippen molar-refractivity contribution in [2.24, 2.45) is 0 Å². The van der Waals surface area contributed by atoms with E-state index in [-0.39, 0.29) is 89.1 Å². The van der Waals surface area contributed by atoms with Crippen LogP contribution in [0.1, 0.15) is 0 Å². The van der Waals surface area contributed by atoms with E-state index in [0.29, 0.717) is 0 Å². The third-order valence-electron chi connectivity index (χ3n) is 0. The van der Waals surface area contributed by atoms with Crippen LogP contribution < -0.4 is 0 Å². The van der Waals surface area contributed by atoms with E-state index in [9.17, 15) is 0 Å². The molecule has 0 spiro atoms. The molecule has 0 nitrogen and oxygen atoms in total. The third-order valence-corrected chi connectivity index (χ3v) is 0. The monoisotopic (exact) mass is 297 g/mol. The van der Waals surface area contributed by atoms with Crippen LogP contribution in [-0.4, -0.2) is 17.4 Å². The summed E-state index contributed by atoms with van der Waals surface area (Å²) in [5, 5.41) is 0. The largest absolute Gasteiger partial charge is 0.187 e. The van der Waals surface area contributed by atoms with E-state index in [1.165, 1.54) is 0 Å². The van der Waals surface area contributed by atoms with E-state index in [2.05, 4.69) is 0 Å². The van der Waals surface area contributed by atoms with Crippen molar-refractivity contribution in [3.8, 4) is 0 Å². The Morgan fingerprint density at radius 1 is 1.00 bits per heavy atom. The molecule has 0 saturated carbocycles. The molecule has 0 unspecified atom stereocenters. The van der Waals surface area contributed by atoms with Gasteiger partial charge in [-0.2, -0.15) is 0 Å². The maximum Gasteiger partial charge on any atom is 0.187 e. The van der Waals surface area contributed by atoms with Gasteiger partial charge in [-0.1, -0.05) is 0 Å². The van der Waals surface area contributed by atoms with Gasteiger partial charge in [0.05, 0.1) is 0 Å². The van der Waals surface area contributed by atoms with Crippen molar-refractivity contribution in [1.82, 2.24) is 0 Å². The van der Waals surface area contributed by atoms with Crippen molar-refractivity contribution in [1.29, 1.82) is 0 Å². The topological polar surface area (TPSA) is 0 Å². The normalized spacial score (nSPS) is 0. The first kappa shape index (κ1) is 46.6. The fraction of sp³-hybridized carbons (Fsp3) is 0. The molecule has 0 atom stereocenters. The molecule has 0 fully saturated rings. The average molecular weight is 296 g/mol. The zero-order valence-corrected chi connectivity index (χ0v) is 6.78. The Balaban J connectivity index is 0. The third kappa shape index (κ3) is 20.1. The van der Waals surface area contributed by atoms with Gasteiger partial charge in [-0.25, -0.2) is 0 Å². The fourth-order valence-corrected chi connectivity index (χ4v) is 0. The van der Waals surface area contributed by atoms with Crippen LogP contribution in [0.15, 0.2) is 0 Å². The Morgan fingerprint density at radius 3 is 1.00 bits per heavy atom. The second-order valence-electron chi connectivity index (χ2n) is 0. The molecule has 1 radical (unpaired) electrons. The van der Waals surface area contributed by atoms with Crippen molar-refractivity contribution in [2.45, 2.75) is 0 Å². The zero-order chi connectivity index (χ0) is 0. The smallest absolute Gasteiger partial charge is 0 e. The van der Waals surface area contributed by atoms with Crippen LogP contribution in [-0.2, 0) is 71.7 Å². The van der Waals surface area contributed by atoms with Crippen molar-refractivity contribution >= 4 is 17.4 Å². The minimum atomic E-state index is 0. The number of rotatable bonds is 0. The van der Waals surface area contributed by atoms with Gasteiger partial charge in [0, 0.05) is 71.7 Å². The summed E-state index contributed by atoms with van der Waals surface area (Å²) in [6.45, 7) is 0. The summed E-state index contributed by atoms with van der Waals surface area (Å²) in [4.78, 5) is 0. The molecular weight excluding hydrogens is 293 g/mol. The Hall–Kier alpha value is 2.75. The van der Waals surface area contributed by atoms with Crippen molar-refractivity contribution in [3.05, 3.63) is 0 Å². The van der Waals surface area contributed by atoms with E-state index < -0.39 is 0 Å². The fourth-order valence-electron chi connectivity index (χ4n) is 0. The summed E-state index contributed by atoms with van der Waals surface area (Å²) >= 11 is 0. The van der Waals surface area contributed by atoms with Gasteiger partial charge in [0.1, 0.15) is 0 Å². The number of hydrogen-bond donors (Lipinski definition) is 0. The van der Waals surface area contributed by atoms with Crippen LogP contribution in [0.5, 0.6) is 0 Å². The van der Waals surface area contributed by atoms with Gasteiger partial charge in [0.25, 0.3) is 0 Å². The second-order valence-corrected chi connectivity index (χ2v) is 0. The number of hydrogen-bond acceptors (Lipinski definition) is 0. The van der Waals surface area contributed by atoms with Gasteiger partial charge < -0.3 is 0 Å². The SMILES string of the molecule is [AlH3].[Co].[Cr].[Mo].[Ni]. The maximum atomic E-state index is 0. The Kier molecular flexibility index (Phi) is 275. The predicted molar refractivity (Wildman–Crippen MR) is 9.94 cm³/mol. The van der Waals surface area contributed by atoms with Crippen molar-refractivity contribution in [3.63, 3.8) is 0 Å². The van der Waals surface area contributed by atoms with Gasteiger partial charge in [-0.3, -0.25) is 0 Å². The van der Waals surface area contributed by atoms with Crippen LogP contribution in [0.25, 0.3) is 0 Å². The molecule has 0 aromatic heterocycles. The zero-order valence-electron chi connectivity index (χ0n) is 1.47. The Morgan fingerprint density at radius 2 is 1.00 bits per heavy atom. The molecule has 0 aliphatic carbocycles. The minimum absolute atomic E-state index is 0. The molecule has 37 valence electrons. The molecule has 0 saturated heterocycles. The van der Waals surface area contributed by atoms with E-state index in [1.807, 2.05) is 0 Å². The standard InChI is InChI=1S/Al.Co.Cr.Mo.Ni.3H. The quantitative estimate of drug-likeness (QED) is 0.493. The van der Waals surface area contributed by atoms with Gasteiger partial charge >= 0.3 is 0 Å². The first-order chi connectivity index (χ1) is 0. The van der Waals surface area contributed by atoms with E-state index in [4.69, 9.17) is 0 Å². The van der Waals surface area contributed by atoms with Gasteiger partial charge in [-0.05, 0) is 0 Å². The van der Waals surface area contributed by atoms with Crippen LogP contribution in [0.4, 0.5) is 0 Å². The van der Waals surface area contributed by atoms with Gasteiger partial charge in [0.2, 0.25) is 0 Å². The summed E-state index contributed by atoms with van der Waals surface area (Å²) in [5.74, 6) is 0. The summed E-state index contributed by atoms with van der Waals surface area (Å²) in [6.07, 6.45) is 0. The minimum Gasteiger partial charge on any atom is 0 e. The summed E-state index contributed by atoms with van der Waals surface area (Å²) in [5.41, 5.74) is 0. The molecule has 5 heteroatoms. The Bertz CT molecular complexity index is 11.6. The van der Waals surface area contributed by atoms with E-state index >= 15 is 0 Å². The molecule has 0 bridgehead atoms. The molecule has 0 amide bonds. The second kappa shape index (κ2) is 29.5. The molecular formula is H3AlCoCrMoNi. The van der Waals surface area contributed by atoms with Crippen LogP contribution >= 0.6 is 0 Å². The molecule has 0 N–H and O–H groups in total. The van der Waals surface area contributed by atoms with Crippen molar-refractivity contribution < 1.29 is 71.7 Å². The average Bonchev–Trinajstić information content (AvgIpc) is 0. The first-order valence-corrected chi connectivity index (χ1v) is 0. The molecule has 0 aromatic rings. The predicted octanol–water partition coefficient (Wildman–Crippen LogP) is -1.19. The van der Waals surface area contributed by atoms with Crippen LogP contribution in [0, 0.1) is 0 Å². The van der Waals surface area contributed by atoms with E-state index in [1.54, 1.807) is 0 Å². The molecule has 0 aromatic carbocycles. The first-order valence-electron chi connectivity index (χ1n) is 0. The Labute approximate surface area is 87.9 Å². The molecule has 0 heterocycles. The summed E-state index contributed by atoms with van der Waals surface area (Å²) in [6, 6.07) is 0. The molecule has 0 rings (SSSR count). The summed E-state index contributed by atoms with van der Waals surface area (Å²) in [7, 11) is 0. The van der Waals surface area contributed by atoms with Crippen LogP contribution in [0.3, 0.4) is 0 Å². The molecule has 0 aliphatic heterocycles.